The van der Waals surface area contributed by atoms with Crippen molar-refractivity contribution in [2.75, 3.05) is 12.3 Å². The molecule has 1 aromatic carbocycles. The zero-order valence-corrected chi connectivity index (χ0v) is 13.3. The molecule has 0 aromatic heterocycles. The van der Waals surface area contributed by atoms with Gasteiger partial charge in [-0.3, -0.25) is 0 Å². The molecule has 0 aliphatic rings. The van der Waals surface area contributed by atoms with Gasteiger partial charge in [0.2, 0.25) is 0 Å². The summed E-state index contributed by atoms with van der Waals surface area (Å²) in [5.74, 6) is -0.472. The maximum Gasteiger partial charge on any atom is 0.340 e. The van der Waals surface area contributed by atoms with Crippen molar-refractivity contribution >= 4 is 34.9 Å². The molecule has 0 saturated carbocycles. The van der Waals surface area contributed by atoms with Crippen LogP contribution in [0.3, 0.4) is 0 Å². The van der Waals surface area contributed by atoms with Crippen LogP contribution in [-0.4, -0.2) is 12.6 Å². The van der Waals surface area contributed by atoms with E-state index in [4.69, 9.17) is 33.7 Å². The molecule has 5 heteroatoms. The molecule has 0 radical (unpaired) electrons. The molecule has 3 nitrogen and oxygen atoms in total. The lowest BCUT2D eigenvalue weighted by Gasteiger charge is -2.08. The van der Waals surface area contributed by atoms with Gasteiger partial charge in [-0.2, -0.15) is 0 Å². The number of esters is 1. The summed E-state index contributed by atoms with van der Waals surface area (Å²) in [6.45, 7) is 2.58. The zero-order chi connectivity index (χ0) is 15.0. The average molecular weight is 318 g/mol. The molecule has 0 atom stereocenters. The average Bonchev–Trinajstić information content (AvgIpc) is 2.41. The summed E-state index contributed by atoms with van der Waals surface area (Å²) < 4.78 is 5.19. The second kappa shape index (κ2) is 9.09. The van der Waals surface area contributed by atoms with Crippen LogP contribution in [0.15, 0.2) is 12.1 Å². The quantitative estimate of drug-likeness (QED) is 0.412. The van der Waals surface area contributed by atoms with Gasteiger partial charge in [-0.05, 0) is 18.6 Å². The maximum atomic E-state index is 11.9. The highest BCUT2D eigenvalue weighted by Crippen LogP contribution is 2.28. The summed E-state index contributed by atoms with van der Waals surface area (Å²) in [7, 11) is 0. The second-order valence-corrected chi connectivity index (χ2v) is 5.60. The number of carbonyl (C=O) groups is 1. The van der Waals surface area contributed by atoms with Crippen molar-refractivity contribution in [2.24, 2.45) is 0 Å². The third-order valence-corrected chi connectivity index (χ3v) is 3.58. The van der Waals surface area contributed by atoms with Gasteiger partial charge in [0, 0.05) is 5.02 Å². The summed E-state index contributed by atoms with van der Waals surface area (Å²) in [4.78, 5) is 11.9. The minimum atomic E-state index is -0.472. The first-order valence-electron chi connectivity index (χ1n) is 6.98. The zero-order valence-electron chi connectivity index (χ0n) is 11.8. The van der Waals surface area contributed by atoms with Gasteiger partial charge in [0.15, 0.2) is 0 Å². The molecule has 0 saturated heterocycles. The van der Waals surface area contributed by atoms with Crippen molar-refractivity contribution in [2.45, 2.75) is 45.4 Å². The van der Waals surface area contributed by atoms with Crippen molar-refractivity contribution < 1.29 is 9.53 Å². The lowest BCUT2D eigenvalue weighted by molar-refractivity contribution is 0.0499. The highest BCUT2D eigenvalue weighted by Gasteiger charge is 2.14. The molecule has 0 aliphatic carbocycles. The first kappa shape index (κ1) is 17.1. The van der Waals surface area contributed by atoms with Crippen LogP contribution in [0.25, 0.3) is 0 Å². The van der Waals surface area contributed by atoms with Crippen LogP contribution < -0.4 is 5.73 Å². The highest BCUT2D eigenvalue weighted by molar-refractivity contribution is 6.37. The van der Waals surface area contributed by atoms with E-state index in [1.54, 1.807) is 0 Å². The molecule has 0 aliphatic heterocycles. The van der Waals surface area contributed by atoms with Crippen LogP contribution in [0, 0.1) is 0 Å². The van der Waals surface area contributed by atoms with Crippen molar-refractivity contribution in [3.63, 3.8) is 0 Å². The number of hydrogen-bond acceptors (Lipinski definition) is 3. The smallest absolute Gasteiger partial charge is 0.340 e. The Balaban J connectivity index is 2.36. The maximum absolute atomic E-state index is 11.9. The van der Waals surface area contributed by atoms with Crippen molar-refractivity contribution in [3.8, 4) is 0 Å². The molecule has 2 N–H and O–H groups in total. The molecule has 0 bridgehead atoms. The number of nitrogens with two attached hydrogens (primary N) is 1. The number of unbranched alkanes of at least 4 members (excludes halogenated alkanes) is 5. The Labute approximate surface area is 130 Å². The Morgan fingerprint density at radius 1 is 1.15 bits per heavy atom. The summed E-state index contributed by atoms with van der Waals surface area (Å²) in [5, 5.41) is 0.639. The molecule has 0 heterocycles. The fourth-order valence-electron chi connectivity index (χ4n) is 1.88. The first-order valence-corrected chi connectivity index (χ1v) is 7.73. The van der Waals surface area contributed by atoms with Crippen LogP contribution in [0.1, 0.15) is 55.8 Å². The Morgan fingerprint density at radius 2 is 1.80 bits per heavy atom. The molecule has 112 valence electrons. The van der Waals surface area contributed by atoms with Crippen LogP contribution in [0.5, 0.6) is 0 Å². The van der Waals surface area contributed by atoms with Gasteiger partial charge in [0.25, 0.3) is 0 Å². The Morgan fingerprint density at radius 3 is 2.50 bits per heavy atom. The predicted molar refractivity (Wildman–Crippen MR) is 84.5 cm³/mol. The summed E-state index contributed by atoms with van der Waals surface area (Å²) in [5.41, 5.74) is 6.19. The minimum Gasteiger partial charge on any atom is -0.462 e. The van der Waals surface area contributed by atoms with Gasteiger partial charge >= 0.3 is 5.97 Å². The Bertz CT molecular complexity index is 450. The lowest BCUT2D eigenvalue weighted by atomic mass is 10.1. The van der Waals surface area contributed by atoms with Crippen molar-refractivity contribution in [1.82, 2.24) is 0 Å². The van der Waals surface area contributed by atoms with Crippen LogP contribution in [0.2, 0.25) is 10.0 Å². The molecule has 0 spiro atoms. The van der Waals surface area contributed by atoms with Crippen molar-refractivity contribution in [3.05, 3.63) is 27.7 Å². The Hall–Kier alpha value is -0.930. The number of carbonyl (C=O) groups excluding carboxylic acids is 1. The topological polar surface area (TPSA) is 52.3 Å². The van der Waals surface area contributed by atoms with E-state index in [9.17, 15) is 4.79 Å². The third kappa shape index (κ3) is 5.59. The molecule has 1 rings (SSSR count). The standard InChI is InChI=1S/C15H21Cl2NO2/c1-2-3-4-5-6-7-8-20-15(19)12-9-11(16)10-13(17)14(12)18/h9-10H,2-8,18H2,1H3. The van der Waals surface area contributed by atoms with E-state index < -0.39 is 5.97 Å². The SMILES string of the molecule is CCCCCCCCOC(=O)c1cc(Cl)cc(Cl)c1N. The van der Waals surface area contributed by atoms with E-state index in [-0.39, 0.29) is 16.3 Å². The largest absolute Gasteiger partial charge is 0.462 e. The van der Waals surface area contributed by atoms with E-state index in [2.05, 4.69) is 6.92 Å². The molecule has 0 unspecified atom stereocenters. The van der Waals surface area contributed by atoms with Gasteiger partial charge in [-0.15, -0.1) is 0 Å². The Kier molecular flexibility index (Phi) is 7.78. The normalized spacial score (nSPS) is 10.6. The number of rotatable bonds is 8. The summed E-state index contributed by atoms with van der Waals surface area (Å²) >= 11 is 11.7. The number of benzene rings is 1. The van der Waals surface area contributed by atoms with Gasteiger partial charge < -0.3 is 10.5 Å². The second-order valence-electron chi connectivity index (χ2n) is 4.75. The number of halogens is 2. The number of ether oxygens (including phenoxy) is 1. The van der Waals surface area contributed by atoms with Gasteiger partial charge in [-0.1, -0.05) is 62.2 Å². The third-order valence-electron chi connectivity index (χ3n) is 3.05. The molecule has 20 heavy (non-hydrogen) atoms. The fourth-order valence-corrected chi connectivity index (χ4v) is 2.37. The van der Waals surface area contributed by atoms with Gasteiger partial charge in [-0.25, -0.2) is 4.79 Å². The van der Waals surface area contributed by atoms with E-state index >= 15 is 0 Å². The molecule has 1 aromatic rings. The van der Waals surface area contributed by atoms with E-state index in [1.165, 1.54) is 37.8 Å². The lowest BCUT2D eigenvalue weighted by Crippen LogP contribution is -2.09. The number of anilines is 1. The molecule has 0 fully saturated rings. The molecular formula is C15H21Cl2NO2. The summed E-state index contributed by atoms with van der Waals surface area (Å²) in [6, 6.07) is 2.98. The number of nitrogen functional groups attached to an aromatic ring is 1. The summed E-state index contributed by atoms with van der Waals surface area (Å²) in [6.07, 6.45) is 6.83. The van der Waals surface area contributed by atoms with Crippen LogP contribution in [-0.2, 0) is 4.74 Å². The van der Waals surface area contributed by atoms with Crippen LogP contribution in [0.4, 0.5) is 5.69 Å². The van der Waals surface area contributed by atoms with E-state index in [1.807, 2.05) is 0 Å². The number of hydrogen-bond donors (Lipinski definition) is 1. The predicted octanol–water partition coefficient (Wildman–Crippen LogP) is 5.09. The molecule has 0 amide bonds. The monoisotopic (exact) mass is 317 g/mol. The van der Waals surface area contributed by atoms with E-state index in [0.29, 0.717) is 11.6 Å². The first-order chi connectivity index (χ1) is 9.56. The molecular weight excluding hydrogens is 297 g/mol. The minimum absolute atomic E-state index is 0.212. The highest BCUT2D eigenvalue weighted by atomic mass is 35.5. The van der Waals surface area contributed by atoms with Crippen LogP contribution >= 0.6 is 23.2 Å². The van der Waals surface area contributed by atoms with Gasteiger partial charge in [0.1, 0.15) is 0 Å². The fraction of sp³-hybridized carbons (Fsp3) is 0.533. The van der Waals surface area contributed by atoms with E-state index in [0.717, 1.165) is 12.8 Å². The van der Waals surface area contributed by atoms with Crippen molar-refractivity contribution in [1.29, 1.82) is 0 Å². The van der Waals surface area contributed by atoms with Gasteiger partial charge in [0.05, 0.1) is 22.9 Å².